The van der Waals surface area contributed by atoms with Gasteiger partial charge in [0.05, 0.1) is 22.7 Å². The van der Waals surface area contributed by atoms with E-state index in [1.54, 1.807) is 41.2 Å². The van der Waals surface area contributed by atoms with E-state index in [1.165, 1.54) is 24.5 Å². The van der Waals surface area contributed by atoms with E-state index in [0.29, 0.717) is 11.3 Å². The standard InChI is InChI=1S/C20H20FN3O3S/c1-15-2-5-17(6-3-15)28(26,27)11-8-20(25)23-13-16-4-7-19(18(21)12-16)24-10-9-22-14-24/h2-7,9-10,12,14H,8,11,13H2,1H3,(H,23,25). The zero-order valence-electron chi connectivity index (χ0n) is 15.3. The third kappa shape index (κ3) is 4.83. The van der Waals surface area contributed by atoms with Gasteiger partial charge in [-0.1, -0.05) is 23.8 Å². The molecule has 6 nitrogen and oxygen atoms in total. The molecule has 0 aliphatic heterocycles. The van der Waals surface area contributed by atoms with Crippen LogP contribution in [0.15, 0.2) is 66.1 Å². The second-order valence-electron chi connectivity index (χ2n) is 6.41. The molecule has 0 saturated carbocycles. The Morgan fingerprint density at radius 3 is 2.57 bits per heavy atom. The number of carbonyl (C=O) groups excluding carboxylic acids is 1. The van der Waals surface area contributed by atoms with E-state index in [4.69, 9.17) is 0 Å². The van der Waals surface area contributed by atoms with Gasteiger partial charge in [0.2, 0.25) is 5.91 Å². The Balaban J connectivity index is 1.54. The Kier molecular flexibility index (Phi) is 5.89. The summed E-state index contributed by atoms with van der Waals surface area (Å²) >= 11 is 0. The van der Waals surface area contributed by atoms with Crippen molar-refractivity contribution in [1.82, 2.24) is 14.9 Å². The number of rotatable bonds is 7. The highest BCUT2D eigenvalue weighted by Gasteiger charge is 2.16. The molecule has 146 valence electrons. The fourth-order valence-electron chi connectivity index (χ4n) is 2.65. The van der Waals surface area contributed by atoms with Crippen LogP contribution in [0.25, 0.3) is 5.69 Å². The number of aryl methyl sites for hydroxylation is 1. The first-order chi connectivity index (χ1) is 13.3. The van der Waals surface area contributed by atoms with Crippen molar-refractivity contribution < 1.29 is 17.6 Å². The molecule has 0 bridgehead atoms. The van der Waals surface area contributed by atoms with Crippen molar-refractivity contribution in [2.24, 2.45) is 0 Å². The van der Waals surface area contributed by atoms with Gasteiger partial charge in [0, 0.05) is 25.4 Å². The molecule has 0 saturated heterocycles. The molecule has 1 amide bonds. The van der Waals surface area contributed by atoms with Crippen molar-refractivity contribution in [2.45, 2.75) is 24.8 Å². The van der Waals surface area contributed by atoms with Gasteiger partial charge in [0.1, 0.15) is 5.82 Å². The van der Waals surface area contributed by atoms with Gasteiger partial charge in [-0.2, -0.15) is 0 Å². The molecule has 0 atom stereocenters. The number of imidazole rings is 1. The SMILES string of the molecule is Cc1ccc(S(=O)(=O)CCC(=O)NCc2ccc(-n3ccnc3)c(F)c2)cc1. The molecule has 0 spiro atoms. The molecule has 3 rings (SSSR count). The molecule has 2 aromatic carbocycles. The minimum atomic E-state index is -3.52. The first kappa shape index (κ1) is 19.8. The fraction of sp³-hybridized carbons (Fsp3) is 0.200. The number of nitrogens with one attached hydrogen (secondary N) is 1. The van der Waals surface area contributed by atoms with Crippen molar-refractivity contribution >= 4 is 15.7 Å². The number of amides is 1. The Morgan fingerprint density at radius 1 is 1.18 bits per heavy atom. The number of nitrogens with zero attached hydrogens (tertiary/aromatic N) is 2. The number of benzene rings is 2. The molecule has 8 heteroatoms. The van der Waals surface area contributed by atoms with Crippen molar-refractivity contribution in [3.05, 3.63) is 78.1 Å². The van der Waals surface area contributed by atoms with Crippen LogP contribution in [0.3, 0.4) is 0 Å². The highest BCUT2D eigenvalue weighted by molar-refractivity contribution is 7.91. The second-order valence-corrected chi connectivity index (χ2v) is 8.52. The van der Waals surface area contributed by atoms with E-state index in [9.17, 15) is 17.6 Å². The van der Waals surface area contributed by atoms with E-state index in [1.807, 2.05) is 6.92 Å². The summed E-state index contributed by atoms with van der Waals surface area (Å²) in [5, 5.41) is 2.62. The predicted molar refractivity (Wildman–Crippen MR) is 103 cm³/mol. The van der Waals surface area contributed by atoms with Crippen LogP contribution in [0.1, 0.15) is 17.5 Å². The zero-order chi connectivity index (χ0) is 20.1. The van der Waals surface area contributed by atoms with Crippen molar-refractivity contribution in [1.29, 1.82) is 0 Å². The van der Waals surface area contributed by atoms with E-state index in [0.717, 1.165) is 5.56 Å². The Morgan fingerprint density at radius 2 is 1.93 bits per heavy atom. The first-order valence-electron chi connectivity index (χ1n) is 8.68. The molecule has 0 fully saturated rings. The number of aromatic nitrogens is 2. The topological polar surface area (TPSA) is 81.1 Å². The van der Waals surface area contributed by atoms with E-state index in [2.05, 4.69) is 10.3 Å². The van der Waals surface area contributed by atoms with Gasteiger partial charge in [-0.05, 0) is 36.8 Å². The molecule has 0 aliphatic carbocycles. The molecule has 1 heterocycles. The molecule has 0 unspecified atom stereocenters. The Labute approximate surface area is 163 Å². The Hall–Kier alpha value is -3.00. The summed E-state index contributed by atoms with van der Waals surface area (Å²) in [7, 11) is -3.52. The lowest BCUT2D eigenvalue weighted by atomic mass is 10.2. The van der Waals surface area contributed by atoms with E-state index in [-0.39, 0.29) is 23.6 Å². The molecule has 0 aliphatic rings. The van der Waals surface area contributed by atoms with Crippen LogP contribution < -0.4 is 5.32 Å². The van der Waals surface area contributed by atoms with Crippen molar-refractivity contribution in [3.8, 4) is 5.69 Å². The van der Waals surface area contributed by atoms with Crippen LogP contribution in [0, 0.1) is 12.7 Å². The second kappa shape index (κ2) is 8.35. The summed E-state index contributed by atoms with van der Waals surface area (Å²) in [6.45, 7) is 1.99. The molecular weight excluding hydrogens is 381 g/mol. The fourth-order valence-corrected chi connectivity index (χ4v) is 3.89. The van der Waals surface area contributed by atoms with Crippen molar-refractivity contribution in [2.75, 3.05) is 5.75 Å². The molecule has 28 heavy (non-hydrogen) atoms. The van der Waals surface area contributed by atoms with Gasteiger partial charge in [-0.3, -0.25) is 4.79 Å². The summed E-state index contributed by atoms with van der Waals surface area (Å²) < 4.78 is 40.3. The van der Waals surface area contributed by atoms with Crippen LogP contribution in [0.2, 0.25) is 0 Å². The lowest BCUT2D eigenvalue weighted by Gasteiger charge is -2.09. The largest absolute Gasteiger partial charge is 0.352 e. The maximum absolute atomic E-state index is 14.2. The molecular formula is C20H20FN3O3S. The summed E-state index contributed by atoms with van der Waals surface area (Å²) in [4.78, 5) is 16.1. The Bertz CT molecular complexity index is 1060. The smallest absolute Gasteiger partial charge is 0.221 e. The lowest BCUT2D eigenvalue weighted by Crippen LogP contribution is -2.25. The van der Waals surface area contributed by atoms with Crippen LogP contribution in [0.4, 0.5) is 4.39 Å². The zero-order valence-corrected chi connectivity index (χ0v) is 16.1. The summed E-state index contributed by atoms with van der Waals surface area (Å²) in [5.74, 6) is -1.13. The maximum atomic E-state index is 14.2. The highest BCUT2D eigenvalue weighted by Crippen LogP contribution is 2.15. The average molecular weight is 401 g/mol. The molecule has 1 aromatic heterocycles. The highest BCUT2D eigenvalue weighted by atomic mass is 32.2. The maximum Gasteiger partial charge on any atom is 0.221 e. The molecule has 0 radical (unpaired) electrons. The third-order valence-electron chi connectivity index (χ3n) is 4.26. The summed E-state index contributed by atoms with van der Waals surface area (Å²) in [6.07, 6.45) is 4.52. The monoisotopic (exact) mass is 401 g/mol. The predicted octanol–water partition coefficient (Wildman–Crippen LogP) is 2.80. The van der Waals surface area contributed by atoms with Crippen LogP contribution in [-0.2, 0) is 21.2 Å². The van der Waals surface area contributed by atoms with Gasteiger partial charge in [-0.25, -0.2) is 17.8 Å². The average Bonchev–Trinajstić information content (AvgIpc) is 3.19. The van der Waals surface area contributed by atoms with Gasteiger partial charge >= 0.3 is 0 Å². The van der Waals surface area contributed by atoms with E-state index >= 15 is 0 Å². The van der Waals surface area contributed by atoms with Crippen LogP contribution in [-0.4, -0.2) is 29.6 Å². The number of carbonyl (C=O) groups is 1. The van der Waals surface area contributed by atoms with Crippen LogP contribution in [0.5, 0.6) is 0 Å². The van der Waals surface area contributed by atoms with Crippen molar-refractivity contribution in [3.63, 3.8) is 0 Å². The summed E-state index contributed by atoms with van der Waals surface area (Å²) in [5.41, 5.74) is 1.90. The number of sulfone groups is 1. The number of hydrogen-bond donors (Lipinski definition) is 1. The van der Waals surface area contributed by atoms with Gasteiger partial charge < -0.3 is 9.88 Å². The normalized spacial score (nSPS) is 11.4. The van der Waals surface area contributed by atoms with Gasteiger partial charge in [0.15, 0.2) is 9.84 Å². The number of hydrogen-bond acceptors (Lipinski definition) is 4. The quantitative estimate of drug-likeness (QED) is 0.660. The van der Waals surface area contributed by atoms with E-state index < -0.39 is 21.6 Å². The van der Waals surface area contributed by atoms with Gasteiger partial charge in [0.25, 0.3) is 0 Å². The first-order valence-corrected chi connectivity index (χ1v) is 10.3. The summed E-state index contributed by atoms with van der Waals surface area (Å²) in [6, 6.07) is 11.1. The minimum Gasteiger partial charge on any atom is -0.352 e. The third-order valence-corrected chi connectivity index (χ3v) is 5.99. The lowest BCUT2D eigenvalue weighted by molar-refractivity contribution is -0.120. The van der Waals surface area contributed by atoms with Crippen LogP contribution >= 0.6 is 0 Å². The van der Waals surface area contributed by atoms with Gasteiger partial charge in [-0.15, -0.1) is 0 Å². The molecule has 1 N–H and O–H groups in total. The minimum absolute atomic E-state index is 0.116. The molecule has 3 aromatic rings. The number of halogens is 1.